The SMILES string of the molecule is OB(Oc1ccc(O)cc1)Oc1cc(C(F)(F)F)cc(C(F)(F)F)c1. The van der Waals surface area contributed by atoms with Crippen molar-refractivity contribution in [3.63, 3.8) is 0 Å². The minimum Gasteiger partial charge on any atom is -0.508 e. The molecule has 0 aliphatic heterocycles. The van der Waals surface area contributed by atoms with Gasteiger partial charge in [0.1, 0.15) is 17.2 Å². The van der Waals surface area contributed by atoms with Crippen LogP contribution in [-0.4, -0.2) is 17.5 Å². The van der Waals surface area contributed by atoms with Crippen LogP contribution in [0.4, 0.5) is 26.3 Å². The van der Waals surface area contributed by atoms with Crippen LogP contribution in [-0.2, 0) is 12.4 Å². The van der Waals surface area contributed by atoms with Crippen LogP contribution >= 0.6 is 0 Å². The first kappa shape index (κ1) is 18.8. The van der Waals surface area contributed by atoms with E-state index in [0.717, 1.165) is 0 Å². The van der Waals surface area contributed by atoms with Crippen molar-refractivity contribution in [2.24, 2.45) is 0 Å². The number of hydrogen-bond donors (Lipinski definition) is 2. The second-order valence-electron chi connectivity index (χ2n) is 4.78. The van der Waals surface area contributed by atoms with Gasteiger partial charge in [0.15, 0.2) is 0 Å². The summed E-state index contributed by atoms with van der Waals surface area (Å²) in [6.07, 6.45) is -10.1. The van der Waals surface area contributed by atoms with Gasteiger partial charge in [0.25, 0.3) is 0 Å². The number of halogens is 6. The molecule has 2 rings (SSSR count). The Morgan fingerprint density at radius 1 is 0.720 bits per heavy atom. The molecule has 25 heavy (non-hydrogen) atoms. The van der Waals surface area contributed by atoms with E-state index in [0.29, 0.717) is 12.1 Å². The topological polar surface area (TPSA) is 58.9 Å². The van der Waals surface area contributed by atoms with Crippen molar-refractivity contribution < 1.29 is 45.8 Å². The van der Waals surface area contributed by atoms with Crippen LogP contribution in [0.3, 0.4) is 0 Å². The summed E-state index contributed by atoms with van der Waals surface area (Å²) in [7, 11) is -2.17. The molecule has 0 bridgehead atoms. The molecule has 0 saturated heterocycles. The Bertz CT molecular complexity index is 697. The van der Waals surface area contributed by atoms with Crippen LogP contribution in [0.25, 0.3) is 0 Å². The van der Waals surface area contributed by atoms with Gasteiger partial charge in [-0.05, 0) is 42.5 Å². The summed E-state index contributed by atoms with van der Waals surface area (Å²) < 4.78 is 85.7. The Labute approximate surface area is 137 Å². The van der Waals surface area contributed by atoms with Crippen LogP contribution in [0.2, 0.25) is 0 Å². The first-order valence-corrected chi connectivity index (χ1v) is 6.55. The molecule has 0 spiro atoms. The standard InChI is InChI=1S/C14H9BF6O4/c16-13(17,18)8-5-9(14(19,20)21)7-12(6-8)25-15(23)24-11-3-1-10(22)2-4-11/h1-7,22-23H. The molecule has 0 aromatic heterocycles. The Morgan fingerprint density at radius 2 is 1.16 bits per heavy atom. The van der Waals surface area contributed by atoms with Crippen molar-refractivity contribution >= 4 is 7.32 Å². The Balaban J connectivity index is 2.23. The lowest BCUT2D eigenvalue weighted by Gasteiger charge is -2.16. The van der Waals surface area contributed by atoms with Crippen molar-refractivity contribution in [2.75, 3.05) is 0 Å². The van der Waals surface area contributed by atoms with E-state index >= 15 is 0 Å². The fourth-order valence-corrected chi connectivity index (χ4v) is 1.78. The Hall–Kier alpha value is -2.56. The second kappa shape index (κ2) is 6.75. The van der Waals surface area contributed by atoms with Crippen molar-refractivity contribution in [2.45, 2.75) is 12.4 Å². The van der Waals surface area contributed by atoms with E-state index in [4.69, 9.17) is 9.76 Å². The average Bonchev–Trinajstić information content (AvgIpc) is 2.47. The molecule has 4 nitrogen and oxygen atoms in total. The molecule has 134 valence electrons. The van der Waals surface area contributed by atoms with Gasteiger partial charge in [-0.3, -0.25) is 0 Å². The van der Waals surface area contributed by atoms with Gasteiger partial charge in [0.2, 0.25) is 0 Å². The summed E-state index contributed by atoms with van der Waals surface area (Å²) in [4.78, 5) is 0. The monoisotopic (exact) mass is 366 g/mol. The van der Waals surface area contributed by atoms with Gasteiger partial charge < -0.3 is 19.4 Å². The molecular weight excluding hydrogens is 357 g/mol. The average molecular weight is 366 g/mol. The molecule has 2 N–H and O–H groups in total. The van der Waals surface area contributed by atoms with E-state index < -0.39 is 36.6 Å². The Morgan fingerprint density at radius 3 is 1.60 bits per heavy atom. The normalized spacial score (nSPS) is 12.0. The summed E-state index contributed by atoms with van der Waals surface area (Å²) in [5, 5.41) is 18.6. The molecule has 0 aliphatic carbocycles. The molecule has 2 aromatic rings. The number of hydrogen-bond acceptors (Lipinski definition) is 4. The number of alkyl halides is 6. The highest BCUT2D eigenvalue weighted by Gasteiger charge is 2.37. The van der Waals surface area contributed by atoms with E-state index in [1.165, 1.54) is 24.3 Å². The van der Waals surface area contributed by atoms with E-state index in [1.54, 1.807) is 0 Å². The van der Waals surface area contributed by atoms with Crippen molar-refractivity contribution in [1.29, 1.82) is 0 Å². The third-order valence-electron chi connectivity index (χ3n) is 2.87. The maximum Gasteiger partial charge on any atom is 0.785 e. The van der Waals surface area contributed by atoms with Gasteiger partial charge >= 0.3 is 19.7 Å². The number of rotatable bonds is 4. The van der Waals surface area contributed by atoms with Crippen LogP contribution in [0, 0.1) is 0 Å². The van der Waals surface area contributed by atoms with E-state index in [9.17, 15) is 31.4 Å². The van der Waals surface area contributed by atoms with Crippen LogP contribution in [0.5, 0.6) is 17.2 Å². The summed E-state index contributed by atoms with van der Waals surface area (Å²) in [5.41, 5.74) is -3.18. The third-order valence-corrected chi connectivity index (χ3v) is 2.87. The fraction of sp³-hybridized carbons (Fsp3) is 0.143. The third kappa shape index (κ3) is 5.21. The van der Waals surface area contributed by atoms with Gasteiger partial charge in [-0.25, -0.2) is 0 Å². The first-order valence-electron chi connectivity index (χ1n) is 6.55. The molecule has 0 unspecified atom stereocenters. The first-order chi connectivity index (χ1) is 11.4. The zero-order chi connectivity index (χ0) is 18.8. The molecule has 0 heterocycles. The Kier molecular flexibility index (Phi) is 5.07. The largest absolute Gasteiger partial charge is 0.785 e. The lowest BCUT2D eigenvalue weighted by Crippen LogP contribution is -2.30. The predicted molar refractivity (Wildman–Crippen MR) is 73.8 cm³/mol. The number of aromatic hydroxyl groups is 1. The van der Waals surface area contributed by atoms with Crippen molar-refractivity contribution in [3.05, 3.63) is 53.6 Å². The van der Waals surface area contributed by atoms with Gasteiger partial charge in [-0.2, -0.15) is 26.3 Å². The van der Waals surface area contributed by atoms with Crippen molar-refractivity contribution in [1.82, 2.24) is 0 Å². The molecule has 0 radical (unpaired) electrons. The lowest BCUT2D eigenvalue weighted by molar-refractivity contribution is -0.143. The maximum atomic E-state index is 12.7. The van der Waals surface area contributed by atoms with Crippen molar-refractivity contribution in [3.8, 4) is 17.2 Å². The highest BCUT2D eigenvalue weighted by molar-refractivity contribution is 6.36. The molecule has 0 amide bonds. The summed E-state index contributed by atoms with van der Waals surface area (Å²) in [6.45, 7) is 0. The summed E-state index contributed by atoms with van der Waals surface area (Å²) in [5.74, 6) is -1.03. The minimum absolute atomic E-state index is 0.0340. The van der Waals surface area contributed by atoms with E-state index in [-0.39, 0.29) is 17.6 Å². The quantitative estimate of drug-likeness (QED) is 0.637. The fourth-order valence-electron chi connectivity index (χ4n) is 1.78. The molecule has 11 heteroatoms. The van der Waals surface area contributed by atoms with Gasteiger partial charge in [0, 0.05) is 0 Å². The van der Waals surface area contributed by atoms with Gasteiger partial charge in [-0.15, -0.1) is 0 Å². The number of phenols is 1. The molecule has 2 aromatic carbocycles. The molecule has 0 atom stereocenters. The maximum absolute atomic E-state index is 12.7. The second-order valence-corrected chi connectivity index (χ2v) is 4.78. The van der Waals surface area contributed by atoms with Crippen LogP contribution in [0.15, 0.2) is 42.5 Å². The number of benzene rings is 2. The smallest absolute Gasteiger partial charge is 0.508 e. The van der Waals surface area contributed by atoms with Crippen LogP contribution in [0.1, 0.15) is 11.1 Å². The zero-order valence-corrected chi connectivity index (χ0v) is 12.1. The van der Waals surface area contributed by atoms with E-state index in [2.05, 4.69) is 4.65 Å². The van der Waals surface area contributed by atoms with Gasteiger partial charge in [-0.1, -0.05) is 0 Å². The molecule has 0 aliphatic rings. The van der Waals surface area contributed by atoms with Crippen LogP contribution < -0.4 is 9.31 Å². The molecular formula is C14H9BF6O4. The minimum atomic E-state index is -5.04. The summed E-state index contributed by atoms with van der Waals surface area (Å²) in [6, 6.07) is 5.32. The lowest BCUT2D eigenvalue weighted by atomic mass is 10.1. The van der Waals surface area contributed by atoms with E-state index in [1.807, 2.05) is 0 Å². The molecule has 0 saturated carbocycles. The highest BCUT2D eigenvalue weighted by Crippen LogP contribution is 2.38. The number of phenolic OH excluding ortho intramolecular Hbond substituents is 1. The highest BCUT2D eigenvalue weighted by atomic mass is 19.4. The zero-order valence-electron chi connectivity index (χ0n) is 12.1. The molecule has 0 fully saturated rings. The predicted octanol–water partition coefficient (Wildman–Crippen LogP) is 3.86. The summed E-state index contributed by atoms with van der Waals surface area (Å²) >= 11 is 0. The van der Waals surface area contributed by atoms with Gasteiger partial charge in [0.05, 0.1) is 11.1 Å².